The maximum atomic E-state index is 13.7. The Morgan fingerprint density at radius 2 is 1.82 bits per heavy atom. The summed E-state index contributed by atoms with van der Waals surface area (Å²) in [6, 6.07) is 14.8. The molecule has 6 heteroatoms. The average Bonchev–Trinajstić information content (AvgIpc) is 2.85. The molecule has 2 aromatic carbocycles. The van der Waals surface area contributed by atoms with Gasteiger partial charge in [-0.15, -0.1) is 0 Å². The number of carbonyl (C=O) groups is 1. The summed E-state index contributed by atoms with van der Waals surface area (Å²) >= 11 is 0. The molecule has 1 saturated carbocycles. The quantitative estimate of drug-likeness (QED) is 0.521. The minimum Gasteiger partial charge on any atom is -0.383 e. The first-order valence-electron chi connectivity index (χ1n) is 11.9. The minimum absolute atomic E-state index is 0.0251. The number of ether oxygens (including phenoxy) is 1. The number of methoxy groups -OCH3 is 1. The van der Waals surface area contributed by atoms with Gasteiger partial charge in [0.1, 0.15) is 5.82 Å². The lowest BCUT2D eigenvalue weighted by Crippen LogP contribution is -2.42. The number of rotatable bonds is 7. The van der Waals surface area contributed by atoms with Crippen molar-refractivity contribution >= 4 is 16.8 Å². The fourth-order valence-electron chi connectivity index (χ4n) is 4.89. The first kappa shape index (κ1) is 23.2. The number of hydrogen-bond acceptors (Lipinski definition) is 4. The van der Waals surface area contributed by atoms with E-state index in [9.17, 15) is 9.59 Å². The molecule has 1 aliphatic carbocycles. The lowest BCUT2D eigenvalue weighted by molar-refractivity contribution is -0.139. The number of carbonyl (C=O) groups excluding carboxylic acids is 1. The Kier molecular flexibility index (Phi) is 7.23. The van der Waals surface area contributed by atoms with Crippen molar-refractivity contribution in [2.24, 2.45) is 5.92 Å². The van der Waals surface area contributed by atoms with Gasteiger partial charge in [-0.2, -0.15) is 0 Å². The van der Waals surface area contributed by atoms with Crippen LogP contribution in [0.25, 0.3) is 16.6 Å². The molecule has 1 unspecified atom stereocenters. The molecule has 0 saturated heterocycles. The zero-order valence-corrected chi connectivity index (χ0v) is 19.8. The van der Waals surface area contributed by atoms with E-state index in [4.69, 9.17) is 9.72 Å². The fraction of sp³-hybridized carbons (Fsp3) is 0.444. The van der Waals surface area contributed by atoms with Crippen molar-refractivity contribution in [1.82, 2.24) is 14.5 Å². The number of amides is 1. The van der Waals surface area contributed by atoms with Crippen LogP contribution >= 0.6 is 0 Å². The Bertz CT molecular complexity index is 1180. The summed E-state index contributed by atoms with van der Waals surface area (Å²) in [7, 11) is 1.64. The summed E-state index contributed by atoms with van der Waals surface area (Å²) in [6.45, 7) is 4.86. The standard InChI is InChI=1S/C27H33N3O3/c1-19-11-7-10-16-24(19)30-25(28-23-15-9-8-14-22(23)27(30)32)20(2)29(17-18-33-3)26(31)21-12-5-4-6-13-21/h7-11,14-16,20-21H,4-6,12-13,17-18H2,1-3H3. The van der Waals surface area contributed by atoms with Gasteiger partial charge in [0.25, 0.3) is 5.56 Å². The molecule has 6 nitrogen and oxygen atoms in total. The number of nitrogens with zero attached hydrogens (tertiary/aromatic N) is 3. The molecule has 1 amide bonds. The number of fused-ring (bicyclic) bond motifs is 1. The molecule has 1 aliphatic rings. The van der Waals surface area contributed by atoms with Crippen LogP contribution < -0.4 is 5.56 Å². The third kappa shape index (κ3) is 4.71. The van der Waals surface area contributed by atoms with Gasteiger partial charge >= 0.3 is 0 Å². The van der Waals surface area contributed by atoms with Crippen LogP contribution in [0.4, 0.5) is 0 Å². The lowest BCUT2D eigenvalue weighted by Gasteiger charge is -2.34. The van der Waals surface area contributed by atoms with Gasteiger partial charge in [0.15, 0.2) is 0 Å². The summed E-state index contributed by atoms with van der Waals surface area (Å²) < 4.78 is 7.03. The highest BCUT2D eigenvalue weighted by Crippen LogP contribution is 2.30. The van der Waals surface area contributed by atoms with Gasteiger partial charge in [-0.05, 0) is 50.5 Å². The van der Waals surface area contributed by atoms with Crippen molar-refractivity contribution in [2.45, 2.75) is 52.0 Å². The van der Waals surface area contributed by atoms with E-state index in [1.807, 2.05) is 67.3 Å². The molecule has 0 N–H and O–H groups in total. The zero-order valence-electron chi connectivity index (χ0n) is 19.8. The predicted molar refractivity (Wildman–Crippen MR) is 131 cm³/mol. The van der Waals surface area contributed by atoms with Crippen molar-refractivity contribution in [3.63, 3.8) is 0 Å². The van der Waals surface area contributed by atoms with E-state index >= 15 is 0 Å². The number of benzene rings is 2. The third-order valence-electron chi connectivity index (χ3n) is 6.77. The van der Waals surface area contributed by atoms with Gasteiger partial charge in [-0.1, -0.05) is 49.6 Å². The Hall–Kier alpha value is -2.99. The maximum absolute atomic E-state index is 13.7. The van der Waals surface area contributed by atoms with E-state index in [2.05, 4.69) is 0 Å². The van der Waals surface area contributed by atoms with Gasteiger partial charge in [0.2, 0.25) is 5.91 Å². The van der Waals surface area contributed by atoms with Gasteiger partial charge in [-0.25, -0.2) is 4.98 Å². The molecule has 0 radical (unpaired) electrons. The molecule has 0 aliphatic heterocycles. The van der Waals surface area contributed by atoms with Crippen molar-refractivity contribution in [3.8, 4) is 5.69 Å². The summed E-state index contributed by atoms with van der Waals surface area (Å²) in [5.74, 6) is 0.739. The van der Waals surface area contributed by atoms with Crippen molar-refractivity contribution in [1.29, 1.82) is 0 Å². The molecule has 3 aromatic rings. The maximum Gasteiger partial charge on any atom is 0.266 e. The summed E-state index contributed by atoms with van der Waals surface area (Å²) in [5, 5.41) is 0.568. The third-order valence-corrected chi connectivity index (χ3v) is 6.77. The van der Waals surface area contributed by atoms with E-state index in [-0.39, 0.29) is 23.4 Å². The molecular formula is C27H33N3O3. The van der Waals surface area contributed by atoms with Gasteiger partial charge in [0, 0.05) is 19.6 Å². The number of aryl methyl sites for hydroxylation is 1. The van der Waals surface area contributed by atoms with E-state index in [1.54, 1.807) is 11.7 Å². The fourth-order valence-corrected chi connectivity index (χ4v) is 4.89. The van der Waals surface area contributed by atoms with Crippen LogP contribution in [0.3, 0.4) is 0 Å². The molecule has 4 rings (SSSR count). The van der Waals surface area contributed by atoms with Crippen molar-refractivity contribution < 1.29 is 9.53 Å². The second-order valence-electron chi connectivity index (χ2n) is 8.95. The predicted octanol–water partition coefficient (Wildman–Crippen LogP) is 4.81. The Balaban J connectivity index is 1.86. The van der Waals surface area contributed by atoms with Crippen LogP contribution in [-0.2, 0) is 9.53 Å². The van der Waals surface area contributed by atoms with Gasteiger partial charge in [0.05, 0.1) is 29.2 Å². The van der Waals surface area contributed by atoms with Crippen molar-refractivity contribution in [3.05, 3.63) is 70.3 Å². The largest absolute Gasteiger partial charge is 0.383 e. The summed E-state index contributed by atoms with van der Waals surface area (Å²) in [6.07, 6.45) is 5.21. The molecule has 1 fully saturated rings. The van der Waals surface area contributed by atoms with Crippen LogP contribution in [0, 0.1) is 12.8 Å². The molecule has 33 heavy (non-hydrogen) atoms. The minimum atomic E-state index is -0.383. The van der Waals surface area contributed by atoms with E-state index in [0.29, 0.717) is 29.9 Å². The Labute approximate surface area is 195 Å². The highest BCUT2D eigenvalue weighted by Gasteiger charge is 2.32. The number of aromatic nitrogens is 2. The van der Waals surface area contributed by atoms with Crippen LogP contribution in [0.2, 0.25) is 0 Å². The second-order valence-corrected chi connectivity index (χ2v) is 8.95. The monoisotopic (exact) mass is 447 g/mol. The number of hydrogen-bond donors (Lipinski definition) is 0. The topological polar surface area (TPSA) is 64.4 Å². The molecule has 174 valence electrons. The highest BCUT2D eigenvalue weighted by atomic mass is 16.5. The normalized spacial score (nSPS) is 15.5. The Morgan fingerprint density at radius 1 is 1.12 bits per heavy atom. The van der Waals surface area contributed by atoms with Crippen LogP contribution in [0.15, 0.2) is 53.3 Å². The lowest BCUT2D eigenvalue weighted by atomic mass is 9.88. The van der Waals surface area contributed by atoms with Gasteiger partial charge < -0.3 is 9.64 Å². The molecule has 1 heterocycles. The zero-order chi connectivity index (χ0) is 23.4. The smallest absolute Gasteiger partial charge is 0.266 e. The first-order valence-corrected chi connectivity index (χ1v) is 11.9. The molecule has 0 spiro atoms. The van der Waals surface area contributed by atoms with E-state index in [1.165, 1.54) is 6.42 Å². The first-order chi connectivity index (χ1) is 16.0. The summed E-state index contributed by atoms with van der Waals surface area (Å²) in [5.41, 5.74) is 2.30. The summed E-state index contributed by atoms with van der Waals surface area (Å²) in [4.78, 5) is 34.2. The SMILES string of the molecule is COCCN(C(=O)C1CCCCC1)C(C)c1nc2ccccc2c(=O)n1-c1ccccc1C. The van der Waals surface area contributed by atoms with E-state index in [0.717, 1.165) is 36.9 Å². The Morgan fingerprint density at radius 3 is 2.55 bits per heavy atom. The van der Waals surface area contributed by atoms with Crippen LogP contribution in [0.5, 0.6) is 0 Å². The second kappa shape index (κ2) is 10.3. The van der Waals surface area contributed by atoms with Crippen LogP contribution in [-0.4, -0.2) is 40.6 Å². The van der Waals surface area contributed by atoms with E-state index < -0.39 is 0 Å². The molecule has 1 atom stereocenters. The van der Waals surface area contributed by atoms with Crippen molar-refractivity contribution in [2.75, 3.05) is 20.3 Å². The average molecular weight is 448 g/mol. The number of para-hydroxylation sites is 2. The molecule has 1 aromatic heterocycles. The van der Waals surface area contributed by atoms with Gasteiger partial charge in [-0.3, -0.25) is 14.2 Å². The highest BCUT2D eigenvalue weighted by molar-refractivity contribution is 5.80. The van der Waals surface area contributed by atoms with Crippen LogP contribution in [0.1, 0.15) is 56.5 Å². The molecular weight excluding hydrogens is 414 g/mol. The molecule has 0 bridgehead atoms.